The molecule has 0 saturated heterocycles. The first-order chi connectivity index (χ1) is 11.2. The number of nitrogens with zero attached hydrogens (tertiary/aromatic N) is 1. The molecule has 2 aliphatic carbocycles. The molecule has 1 amide bonds. The molecule has 0 aromatic rings. The fourth-order valence-electron chi connectivity index (χ4n) is 4.17. The van der Waals surface area contributed by atoms with Crippen LogP contribution < -0.4 is 5.32 Å². The van der Waals surface area contributed by atoms with E-state index in [1.165, 1.54) is 45.6 Å². The summed E-state index contributed by atoms with van der Waals surface area (Å²) in [5, 5.41) is 3.39. The Labute approximate surface area is 138 Å². The Hall–Kier alpha value is -1.52. The second kappa shape index (κ2) is 7.37. The van der Waals surface area contributed by atoms with E-state index in [1.807, 2.05) is 4.90 Å². The number of ether oxygens (including phenoxy) is 1. The largest absolute Gasteiger partial charge is 0.466 e. The Balaban J connectivity index is 1.75. The lowest BCUT2D eigenvalue weighted by Crippen LogP contribution is -2.42. The standard InChI is InChI=1S/C18H28N2O3/c1-23-18(22)15-12-20(14-10-6-3-7-11-14)17(21)16(15)19-13-8-4-2-5-9-13/h13-14,19H,2-12H2,1H3. The van der Waals surface area contributed by atoms with Crippen LogP contribution >= 0.6 is 0 Å². The van der Waals surface area contributed by atoms with Crippen molar-refractivity contribution in [3.8, 4) is 0 Å². The highest BCUT2D eigenvalue weighted by Gasteiger charge is 2.39. The molecule has 128 valence electrons. The van der Waals surface area contributed by atoms with Gasteiger partial charge in [0.05, 0.1) is 19.2 Å². The number of rotatable bonds is 4. The molecule has 0 radical (unpaired) electrons. The van der Waals surface area contributed by atoms with Crippen molar-refractivity contribution in [3.63, 3.8) is 0 Å². The summed E-state index contributed by atoms with van der Waals surface area (Å²) < 4.78 is 4.92. The van der Waals surface area contributed by atoms with E-state index in [2.05, 4.69) is 5.32 Å². The molecule has 0 atom stereocenters. The molecule has 2 fully saturated rings. The Bertz CT molecular complexity index is 488. The minimum Gasteiger partial charge on any atom is -0.466 e. The molecule has 2 saturated carbocycles. The summed E-state index contributed by atoms with van der Waals surface area (Å²) in [6.45, 7) is 0.408. The molecule has 23 heavy (non-hydrogen) atoms. The first-order valence-electron chi connectivity index (χ1n) is 9.09. The minimum absolute atomic E-state index is 0.00266. The van der Waals surface area contributed by atoms with E-state index in [4.69, 9.17) is 4.74 Å². The van der Waals surface area contributed by atoms with Gasteiger partial charge in [-0.05, 0) is 25.7 Å². The van der Waals surface area contributed by atoms with Gasteiger partial charge in [0.1, 0.15) is 5.70 Å². The van der Waals surface area contributed by atoms with Crippen LogP contribution in [0.1, 0.15) is 64.2 Å². The molecule has 0 bridgehead atoms. The third-order valence-corrected chi connectivity index (χ3v) is 5.51. The third-order valence-electron chi connectivity index (χ3n) is 5.51. The van der Waals surface area contributed by atoms with Crippen molar-refractivity contribution < 1.29 is 14.3 Å². The second-order valence-electron chi connectivity index (χ2n) is 7.05. The Morgan fingerprint density at radius 2 is 1.65 bits per heavy atom. The maximum Gasteiger partial charge on any atom is 0.337 e. The Morgan fingerprint density at radius 1 is 1.04 bits per heavy atom. The van der Waals surface area contributed by atoms with Gasteiger partial charge in [-0.3, -0.25) is 4.79 Å². The quantitative estimate of drug-likeness (QED) is 0.809. The average Bonchev–Trinajstić information content (AvgIpc) is 2.93. The number of esters is 1. The molecular weight excluding hydrogens is 292 g/mol. The van der Waals surface area contributed by atoms with E-state index in [0.717, 1.165) is 25.7 Å². The van der Waals surface area contributed by atoms with Gasteiger partial charge in [0, 0.05) is 12.1 Å². The smallest absolute Gasteiger partial charge is 0.337 e. The SMILES string of the molecule is COC(=O)C1=C(NC2CCCCC2)C(=O)N(C2CCCCC2)C1. The number of carbonyl (C=O) groups excluding carboxylic acids is 2. The maximum atomic E-state index is 12.9. The lowest BCUT2D eigenvalue weighted by Gasteiger charge is -2.31. The van der Waals surface area contributed by atoms with Gasteiger partial charge in [-0.2, -0.15) is 0 Å². The van der Waals surface area contributed by atoms with Gasteiger partial charge in [0.25, 0.3) is 5.91 Å². The Kier molecular flexibility index (Phi) is 5.23. The van der Waals surface area contributed by atoms with Gasteiger partial charge in [0.2, 0.25) is 0 Å². The number of amides is 1. The number of carbonyl (C=O) groups is 2. The highest BCUT2D eigenvalue weighted by molar-refractivity contribution is 6.06. The van der Waals surface area contributed by atoms with E-state index in [9.17, 15) is 9.59 Å². The molecule has 1 aliphatic heterocycles. The zero-order chi connectivity index (χ0) is 16.2. The molecule has 5 heteroatoms. The lowest BCUT2D eigenvalue weighted by molar-refractivity contribution is -0.136. The molecule has 3 aliphatic rings. The van der Waals surface area contributed by atoms with Crippen LogP contribution in [-0.4, -0.2) is 42.5 Å². The van der Waals surface area contributed by atoms with Crippen molar-refractivity contribution >= 4 is 11.9 Å². The highest BCUT2D eigenvalue weighted by atomic mass is 16.5. The molecule has 3 rings (SSSR count). The van der Waals surface area contributed by atoms with Crippen molar-refractivity contribution in [2.45, 2.75) is 76.3 Å². The highest BCUT2D eigenvalue weighted by Crippen LogP contribution is 2.30. The van der Waals surface area contributed by atoms with Crippen LogP contribution in [0.5, 0.6) is 0 Å². The zero-order valence-electron chi connectivity index (χ0n) is 14.1. The molecule has 1 N–H and O–H groups in total. The van der Waals surface area contributed by atoms with Crippen molar-refractivity contribution in [2.75, 3.05) is 13.7 Å². The normalized spacial score (nSPS) is 24.2. The van der Waals surface area contributed by atoms with E-state index in [-0.39, 0.29) is 17.9 Å². The van der Waals surface area contributed by atoms with Crippen LogP contribution in [0.15, 0.2) is 11.3 Å². The summed E-state index contributed by atoms with van der Waals surface area (Å²) in [5.74, 6) is -0.363. The monoisotopic (exact) mass is 320 g/mol. The van der Waals surface area contributed by atoms with E-state index in [0.29, 0.717) is 23.9 Å². The fourth-order valence-corrected chi connectivity index (χ4v) is 4.17. The summed E-state index contributed by atoms with van der Waals surface area (Å²) in [4.78, 5) is 26.9. The molecule has 5 nitrogen and oxygen atoms in total. The topological polar surface area (TPSA) is 58.6 Å². The van der Waals surface area contributed by atoms with Crippen molar-refractivity contribution in [2.24, 2.45) is 0 Å². The van der Waals surface area contributed by atoms with E-state index in [1.54, 1.807) is 0 Å². The summed E-state index contributed by atoms with van der Waals surface area (Å²) >= 11 is 0. The number of nitrogens with one attached hydrogen (secondary N) is 1. The minimum atomic E-state index is -0.366. The van der Waals surface area contributed by atoms with E-state index < -0.39 is 0 Å². The summed E-state index contributed by atoms with van der Waals surface area (Å²) in [5.41, 5.74) is 1.03. The first kappa shape index (κ1) is 16.3. The third kappa shape index (κ3) is 3.54. The summed E-state index contributed by atoms with van der Waals surface area (Å²) in [7, 11) is 1.39. The second-order valence-corrected chi connectivity index (χ2v) is 7.05. The van der Waals surface area contributed by atoms with Crippen molar-refractivity contribution in [1.82, 2.24) is 10.2 Å². The predicted molar refractivity (Wildman–Crippen MR) is 87.6 cm³/mol. The van der Waals surface area contributed by atoms with Crippen LogP contribution in [0, 0.1) is 0 Å². The van der Waals surface area contributed by atoms with Gasteiger partial charge in [0.15, 0.2) is 0 Å². The zero-order valence-corrected chi connectivity index (χ0v) is 14.1. The molecule has 0 aromatic carbocycles. The number of hydrogen-bond donors (Lipinski definition) is 1. The Morgan fingerprint density at radius 3 is 2.26 bits per heavy atom. The lowest BCUT2D eigenvalue weighted by atomic mass is 9.94. The predicted octanol–water partition coefficient (Wildman–Crippen LogP) is 2.51. The summed E-state index contributed by atoms with van der Waals surface area (Å²) in [6.07, 6.45) is 11.5. The van der Waals surface area contributed by atoms with Gasteiger partial charge < -0.3 is 15.0 Å². The fraction of sp³-hybridized carbons (Fsp3) is 0.778. The molecular formula is C18H28N2O3. The average molecular weight is 320 g/mol. The van der Waals surface area contributed by atoms with Crippen LogP contribution in [-0.2, 0) is 14.3 Å². The molecule has 1 heterocycles. The maximum absolute atomic E-state index is 12.9. The van der Waals surface area contributed by atoms with Crippen LogP contribution in [0.3, 0.4) is 0 Å². The first-order valence-corrected chi connectivity index (χ1v) is 9.09. The van der Waals surface area contributed by atoms with Crippen LogP contribution in [0.25, 0.3) is 0 Å². The number of methoxy groups -OCH3 is 1. The summed E-state index contributed by atoms with van der Waals surface area (Å²) in [6, 6.07) is 0.593. The van der Waals surface area contributed by atoms with Gasteiger partial charge >= 0.3 is 5.97 Å². The number of hydrogen-bond acceptors (Lipinski definition) is 4. The molecule has 0 unspecified atom stereocenters. The van der Waals surface area contributed by atoms with Crippen molar-refractivity contribution in [1.29, 1.82) is 0 Å². The van der Waals surface area contributed by atoms with E-state index >= 15 is 0 Å². The van der Waals surface area contributed by atoms with Crippen LogP contribution in [0.4, 0.5) is 0 Å². The molecule has 0 spiro atoms. The van der Waals surface area contributed by atoms with Gasteiger partial charge in [-0.15, -0.1) is 0 Å². The van der Waals surface area contributed by atoms with Crippen LogP contribution in [0.2, 0.25) is 0 Å². The van der Waals surface area contributed by atoms with Gasteiger partial charge in [-0.1, -0.05) is 38.5 Å². The van der Waals surface area contributed by atoms with Gasteiger partial charge in [-0.25, -0.2) is 4.79 Å². The van der Waals surface area contributed by atoms with Crippen molar-refractivity contribution in [3.05, 3.63) is 11.3 Å². The molecule has 0 aromatic heterocycles.